The lowest BCUT2D eigenvalue weighted by Crippen LogP contribution is -2.45. The minimum Gasteiger partial charge on any atom is -0.354 e. The van der Waals surface area contributed by atoms with Crippen LogP contribution in [-0.4, -0.2) is 42.7 Å². The average Bonchev–Trinajstić information content (AvgIpc) is 2.39. The summed E-state index contributed by atoms with van der Waals surface area (Å²) in [5.41, 5.74) is 2.55. The monoisotopic (exact) mass is 233 g/mol. The van der Waals surface area contributed by atoms with Crippen molar-refractivity contribution in [1.82, 2.24) is 20.6 Å². The van der Waals surface area contributed by atoms with E-state index in [1.54, 1.807) is 0 Å². The van der Waals surface area contributed by atoms with Gasteiger partial charge in [0.1, 0.15) is 11.6 Å². The molecule has 2 aliphatic rings. The first kappa shape index (κ1) is 10.9. The molecular formula is C12H19N5. The fourth-order valence-corrected chi connectivity index (χ4v) is 2.58. The van der Waals surface area contributed by atoms with Crippen molar-refractivity contribution in [1.29, 1.82) is 0 Å². The zero-order chi connectivity index (χ0) is 11.7. The minimum absolute atomic E-state index is 0.902. The van der Waals surface area contributed by atoms with Gasteiger partial charge in [-0.3, -0.25) is 0 Å². The molecule has 0 unspecified atom stereocenters. The molecule has 5 heteroatoms. The Kier molecular flexibility index (Phi) is 2.94. The molecule has 0 amide bonds. The summed E-state index contributed by atoms with van der Waals surface area (Å²) in [5.74, 6) is 2.06. The summed E-state index contributed by atoms with van der Waals surface area (Å²) >= 11 is 0. The zero-order valence-electron chi connectivity index (χ0n) is 10.3. The average molecular weight is 233 g/mol. The van der Waals surface area contributed by atoms with Gasteiger partial charge in [-0.25, -0.2) is 9.97 Å². The molecule has 0 bridgehead atoms. The van der Waals surface area contributed by atoms with Gasteiger partial charge in [-0.1, -0.05) is 0 Å². The molecule has 0 saturated carbocycles. The topological polar surface area (TPSA) is 53.1 Å². The molecule has 2 aliphatic heterocycles. The van der Waals surface area contributed by atoms with E-state index in [9.17, 15) is 0 Å². The van der Waals surface area contributed by atoms with Gasteiger partial charge in [0, 0.05) is 51.3 Å². The summed E-state index contributed by atoms with van der Waals surface area (Å²) < 4.78 is 0. The Labute approximate surface area is 102 Å². The third kappa shape index (κ3) is 2.12. The molecule has 92 valence electrons. The number of nitrogens with one attached hydrogen (secondary N) is 2. The predicted octanol–water partition coefficient (Wildman–Crippen LogP) is -0.160. The van der Waals surface area contributed by atoms with Crippen LogP contribution in [0.1, 0.15) is 17.1 Å². The van der Waals surface area contributed by atoms with Crippen LogP contribution in [0.4, 0.5) is 5.82 Å². The molecule has 0 aromatic carbocycles. The van der Waals surface area contributed by atoms with Gasteiger partial charge in [-0.15, -0.1) is 0 Å². The first-order valence-electron chi connectivity index (χ1n) is 6.37. The number of rotatable bonds is 1. The highest BCUT2D eigenvalue weighted by Crippen LogP contribution is 2.23. The molecule has 0 spiro atoms. The summed E-state index contributed by atoms with van der Waals surface area (Å²) in [6, 6.07) is 0. The standard InChI is InChI=1S/C12H19N5/c1-9-15-11-2-3-14-8-10(11)12(16-9)17-6-4-13-5-7-17/h13-14H,2-8H2,1H3. The number of fused-ring (bicyclic) bond motifs is 1. The molecule has 0 radical (unpaired) electrons. The van der Waals surface area contributed by atoms with Crippen LogP contribution >= 0.6 is 0 Å². The lowest BCUT2D eigenvalue weighted by molar-refractivity contribution is 0.570. The van der Waals surface area contributed by atoms with E-state index in [2.05, 4.69) is 25.5 Å². The van der Waals surface area contributed by atoms with Gasteiger partial charge in [-0.2, -0.15) is 0 Å². The van der Waals surface area contributed by atoms with Crippen LogP contribution in [-0.2, 0) is 13.0 Å². The maximum atomic E-state index is 4.66. The molecule has 0 atom stereocenters. The number of anilines is 1. The molecule has 1 saturated heterocycles. The van der Waals surface area contributed by atoms with Crippen LogP contribution in [0.5, 0.6) is 0 Å². The number of nitrogens with zero attached hydrogens (tertiary/aromatic N) is 3. The second-order valence-electron chi connectivity index (χ2n) is 4.68. The third-order valence-electron chi connectivity index (χ3n) is 3.44. The van der Waals surface area contributed by atoms with Crippen molar-refractivity contribution in [2.45, 2.75) is 19.9 Å². The van der Waals surface area contributed by atoms with Crippen LogP contribution < -0.4 is 15.5 Å². The van der Waals surface area contributed by atoms with Gasteiger partial charge in [0.2, 0.25) is 0 Å². The third-order valence-corrected chi connectivity index (χ3v) is 3.44. The zero-order valence-corrected chi connectivity index (χ0v) is 10.3. The van der Waals surface area contributed by atoms with Gasteiger partial charge in [0.25, 0.3) is 0 Å². The summed E-state index contributed by atoms with van der Waals surface area (Å²) in [6.45, 7) is 8.12. The highest BCUT2D eigenvalue weighted by molar-refractivity contribution is 5.50. The van der Waals surface area contributed by atoms with Crippen molar-refractivity contribution < 1.29 is 0 Å². The van der Waals surface area contributed by atoms with Gasteiger partial charge < -0.3 is 15.5 Å². The van der Waals surface area contributed by atoms with E-state index < -0.39 is 0 Å². The van der Waals surface area contributed by atoms with Gasteiger partial charge in [0.05, 0.1) is 5.69 Å². The van der Waals surface area contributed by atoms with Gasteiger partial charge >= 0.3 is 0 Å². The normalized spacial score (nSPS) is 20.2. The van der Waals surface area contributed by atoms with E-state index in [-0.39, 0.29) is 0 Å². The predicted molar refractivity (Wildman–Crippen MR) is 67.3 cm³/mol. The Balaban J connectivity index is 1.98. The Bertz CT molecular complexity index is 412. The highest BCUT2D eigenvalue weighted by atomic mass is 15.2. The number of piperazine rings is 1. The maximum Gasteiger partial charge on any atom is 0.137 e. The van der Waals surface area contributed by atoms with Crippen molar-refractivity contribution in [3.05, 3.63) is 17.1 Å². The van der Waals surface area contributed by atoms with Crippen molar-refractivity contribution in [3.63, 3.8) is 0 Å². The first-order valence-corrected chi connectivity index (χ1v) is 6.37. The summed E-state index contributed by atoms with van der Waals surface area (Å²) in [6.07, 6.45) is 1.03. The first-order chi connectivity index (χ1) is 8.34. The van der Waals surface area contributed by atoms with E-state index in [1.807, 2.05) is 6.92 Å². The highest BCUT2D eigenvalue weighted by Gasteiger charge is 2.21. The van der Waals surface area contributed by atoms with Crippen LogP contribution in [0, 0.1) is 6.92 Å². The quantitative estimate of drug-likeness (QED) is 0.706. The second kappa shape index (κ2) is 4.58. The van der Waals surface area contributed by atoms with E-state index >= 15 is 0 Å². The lowest BCUT2D eigenvalue weighted by atomic mass is 10.1. The Morgan fingerprint density at radius 2 is 1.88 bits per heavy atom. The molecule has 3 rings (SSSR count). The Morgan fingerprint density at radius 3 is 2.71 bits per heavy atom. The molecule has 5 nitrogen and oxygen atoms in total. The summed E-state index contributed by atoms with van der Waals surface area (Å²) in [5, 5.41) is 6.80. The largest absolute Gasteiger partial charge is 0.354 e. The lowest BCUT2D eigenvalue weighted by Gasteiger charge is -2.31. The van der Waals surface area contributed by atoms with Crippen molar-refractivity contribution in [2.75, 3.05) is 37.6 Å². The molecule has 0 aliphatic carbocycles. The number of aryl methyl sites for hydroxylation is 1. The van der Waals surface area contributed by atoms with Gasteiger partial charge in [0.15, 0.2) is 0 Å². The Morgan fingerprint density at radius 1 is 1.06 bits per heavy atom. The smallest absolute Gasteiger partial charge is 0.137 e. The fraction of sp³-hybridized carbons (Fsp3) is 0.667. The fourth-order valence-electron chi connectivity index (χ4n) is 2.58. The van der Waals surface area contributed by atoms with E-state index in [1.165, 1.54) is 11.3 Å². The Hall–Kier alpha value is -1.20. The summed E-state index contributed by atoms with van der Waals surface area (Å²) in [7, 11) is 0. The van der Waals surface area contributed by atoms with Crippen molar-refractivity contribution >= 4 is 5.82 Å². The van der Waals surface area contributed by atoms with E-state index in [0.717, 1.165) is 57.3 Å². The van der Waals surface area contributed by atoms with Crippen molar-refractivity contribution in [2.24, 2.45) is 0 Å². The second-order valence-corrected chi connectivity index (χ2v) is 4.68. The molecular weight excluding hydrogens is 214 g/mol. The molecule has 2 N–H and O–H groups in total. The molecule has 3 heterocycles. The molecule has 1 aromatic rings. The maximum absolute atomic E-state index is 4.66. The summed E-state index contributed by atoms with van der Waals surface area (Å²) in [4.78, 5) is 11.6. The van der Waals surface area contributed by atoms with Crippen LogP contribution in [0.2, 0.25) is 0 Å². The van der Waals surface area contributed by atoms with E-state index in [4.69, 9.17) is 0 Å². The van der Waals surface area contributed by atoms with Crippen molar-refractivity contribution in [3.8, 4) is 0 Å². The number of hydrogen-bond donors (Lipinski definition) is 2. The SMILES string of the molecule is Cc1nc2c(c(N3CCNCC3)n1)CNCC2. The number of hydrogen-bond acceptors (Lipinski definition) is 5. The van der Waals surface area contributed by atoms with E-state index in [0.29, 0.717) is 0 Å². The molecule has 17 heavy (non-hydrogen) atoms. The molecule has 1 fully saturated rings. The van der Waals surface area contributed by atoms with Crippen LogP contribution in [0.15, 0.2) is 0 Å². The number of aromatic nitrogens is 2. The van der Waals surface area contributed by atoms with Crippen LogP contribution in [0.3, 0.4) is 0 Å². The van der Waals surface area contributed by atoms with Crippen LogP contribution in [0.25, 0.3) is 0 Å². The molecule has 1 aromatic heterocycles. The van der Waals surface area contributed by atoms with Gasteiger partial charge in [-0.05, 0) is 6.92 Å². The minimum atomic E-state index is 0.902.